The quantitative estimate of drug-likeness (QED) is 0.762. The van der Waals surface area contributed by atoms with E-state index in [9.17, 15) is 9.90 Å². The summed E-state index contributed by atoms with van der Waals surface area (Å²) in [5.41, 5.74) is -0.685. The zero-order valence-electron chi connectivity index (χ0n) is 10.3. The number of carbonyl (C=O) groups is 1. The molecule has 1 rings (SSSR count). The molecule has 0 aliphatic carbocycles. The maximum atomic E-state index is 11.9. The Bertz CT molecular complexity index is 250. The highest BCUT2D eigenvalue weighted by Gasteiger charge is 2.41. The van der Waals surface area contributed by atoms with Gasteiger partial charge in [0, 0.05) is 11.3 Å². The van der Waals surface area contributed by atoms with Crippen molar-refractivity contribution in [3.63, 3.8) is 0 Å². The standard InChI is InChI=1S/C12H22O3/c1-11(2,3)10(14)9(13)8-6-12(4,5)15-7-8/h8-9,13H,6-7H2,1-5H3/t8-,9-/m0/s1. The van der Waals surface area contributed by atoms with Crippen LogP contribution in [0.5, 0.6) is 0 Å². The van der Waals surface area contributed by atoms with Crippen LogP contribution < -0.4 is 0 Å². The highest BCUT2D eigenvalue weighted by molar-refractivity contribution is 5.87. The molecule has 1 heterocycles. The molecular formula is C12H22O3. The molecule has 1 aliphatic rings. The van der Waals surface area contributed by atoms with Crippen LogP contribution in [-0.2, 0) is 9.53 Å². The summed E-state index contributed by atoms with van der Waals surface area (Å²) < 4.78 is 5.52. The highest BCUT2D eigenvalue weighted by Crippen LogP contribution is 2.33. The number of rotatable bonds is 2. The second-order valence-corrected chi connectivity index (χ2v) is 6.09. The molecule has 1 saturated heterocycles. The Kier molecular flexibility index (Phi) is 3.27. The Hall–Kier alpha value is -0.410. The second kappa shape index (κ2) is 3.87. The van der Waals surface area contributed by atoms with Gasteiger partial charge < -0.3 is 9.84 Å². The third-order valence-electron chi connectivity index (χ3n) is 2.90. The van der Waals surface area contributed by atoms with E-state index >= 15 is 0 Å². The second-order valence-electron chi connectivity index (χ2n) is 6.09. The zero-order chi connectivity index (χ0) is 11.9. The topological polar surface area (TPSA) is 46.5 Å². The number of aliphatic hydroxyl groups excluding tert-OH is 1. The van der Waals surface area contributed by atoms with E-state index in [2.05, 4.69) is 0 Å². The van der Waals surface area contributed by atoms with Crippen molar-refractivity contribution >= 4 is 5.78 Å². The summed E-state index contributed by atoms with van der Waals surface area (Å²) in [6.07, 6.45) is -0.137. The Labute approximate surface area is 91.8 Å². The molecule has 0 saturated carbocycles. The van der Waals surface area contributed by atoms with Crippen LogP contribution in [0.3, 0.4) is 0 Å². The molecule has 0 aromatic heterocycles. The molecule has 1 fully saturated rings. The van der Waals surface area contributed by atoms with E-state index < -0.39 is 11.5 Å². The van der Waals surface area contributed by atoms with Gasteiger partial charge in [0.15, 0.2) is 5.78 Å². The Balaban J connectivity index is 2.63. The van der Waals surface area contributed by atoms with Gasteiger partial charge in [0.1, 0.15) is 6.10 Å². The van der Waals surface area contributed by atoms with E-state index in [1.165, 1.54) is 0 Å². The number of hydrogen-bond acceptors (Lipinski definition) is 3. The summed E-state index contributed by atoms with van der Waals surface area (Å²) in [7, 11) is 0. The normalized spacial score (nSPS) is 27.7. The smallest absolute Gasteiger partial charge is 0.166 e. The van der Waals surface area contributed by atoms with Crippen LogP contribution in [0, 0.1) is 11.3 Å². The molecule has 0 spiro atoms. The van der Waals surface area contributed by atoms with Crippen LogP contribution in [-0.4, -0.2) is 29.2 Å². The third kappa shape index (κ3) is 3.02. The lowest BCUT2D eigenvalue weighted by Gasteiger charge is -2.24. The summed E-state index contributed by atoms with van der Waals surface area (Å²) in [4.78, 5) is 11.9. The SMILES string of the molecule is CC1(C)C[C@H]([C@H](O)C(=O)C(C)(C)C)CO1. The van der Waals surface area contributed by atoms with Crippen molar-refractivity contribution in [2.45, 2.75) is 52.7 Å². The van der Waals surface area contributed by atoms with Crippen LogP contribution in [0.15, 0.2) is 0 Å². The van der Waals surface area contributed by atoms with Gasteiger partial charge in [-0.2, -0.15) is 0 Å². The van der Waals surface area contributed by atoms with E-state index in [0.29, 0.717) is 6.61 Å². The van der Waals surface area contributed by atoms with Crippen molar-refractivity contribution in [3.05, 3.63) is 0 Å². The first-order valence-electron chi connectivity index (χ1n) is 5.50. The van der Waals surface area contributed by atoms with Crippen molar-refractivity contribution in [1.82, 2.24) is 0 Å². The number of Topliss-reactive ketones (excluding diaryl/α,β-unsaturated/α-hetero) is 1. The predicted octanol–water partition coefficient (Wildman–Crippen LogP) is 1.78. The first-order valence-corrected chi connectivity index (χ1v) is 5.50. The molecule has 0 bridgehead atoms. The van der Waals surface area contributed by atoms with Crippen molar-refractivity contribution in [2.75, 3.05) is 6.61 Å². The first kappa shape index (κ1) is 12.7. The van der Waals surface area contributed by atoms with Crippen LogP contribution >= 0.6 is 0 Å². The fraction of sp³-hybridized carbons (Fsp3) is 0.917. The van der Waals surface area contributed by atoms with Crippen molar-refractivity contribution in [2.24, 2.45) is 11.3 Å². The minimum absolute atomic E-state index is 0.0493. The molecule has 0 unspecified atom stereocenters. The number of carbonyl (C=O) groups excluding carboxylic acids is 1. The molecule has 15 heavy (non-hydrogen) atoms. The first-order chi connectivity index (χ1) is 6.63. The Morgan fingerprint density at radius 2 is 2.00 bits per heavy atom. The van der Waals surface area contributed by atoms with Crippen molar-refractivity contribution in [1.29, 1.82) is 0 Å². The Morgan fingerprint density at radius 3 is 2.33 bits per heavy atom. The molecule has 0 amide bonds. The molecule has 1 N–H and O–H groups in total. The molecule has 0 aromatic rings. The van der Waals surface area contributed by atoms with Gasteiger partial charge in [0.25, 0.3) is 0 Å². The monoisotopic (exact) mass is 214 g/mol. The summed E-state index contributed by atoms with van der Waals surface area (Å²) >= 11 is 0. The van der Waals surface area contributed by atoms with Crippen LogP contribution in [0.4, 0.5) is 0 Å². The molecule has 0 radical (unpaired) electrons. The molecular weight excluding hydrogens is 192 g/mol. The maximum Gasteiger partial charge on any atom is 0.166 e. The fourth-order valence-electron chi connectivity index (χ4n) is 1.94. The van der Waals surface area contributed by atoms with E-state index in [-0.39, 0.29) is 17.3 Å². The van der Waals surface area contributed by atoms with Gasteiger partial charge in [-0.05, 0) is 20.3 Å². The molecule has 3 heteroatoms. The van der Waals surface area contributed by atoms with Gasteiger partial charge in [-0.3, -0.25) is 4.79 Å². The van der Waals surface area contributed by atoms with Crippen LogP contribution in [0.25, 0.3) is 0 Å². The van der Waals surface area contributed by atoms with E-state index in [0.717, 1.165) is 6.42 Å². The average Bonchev–Trinajstić information content (AvgIpc) is 2.42. The minimum Gasteiger partial charge on any atom is -0.385 e. The average molecular weight is 214 g/mol. The third-order valence-corrected chi connectivity index (χ3v) is 2.90. The predicted molar refractivity (Wildman–Crippen MR) is 58.6 cm³/mol. The van der Waals surface area contributed by atoms with Crippen molar-refractivity contribution in [3.8, 4) is 0 Å². The minimum atomic E-state index is -0.883. The van der Waals surface area contributed by atoms with Gasteiger partial charge >= 0.3 is 0 Å². The van der Waals surface area contributed by atoms with Gasteiger partial charge in [-0.15, -0.1) is 0 Å². The number of hydrogen-bond donors (Lipinski definition) is 1. The number of ether oxygens (including phenoxy) is 1. The lowest BCUT2D eigenvalue weighted by Crippen LogP contribution is -2.38. The highest BCUT2D eigenvalue weighted by atomic mass is 16.5. The Morgan fingerprint density at radius 1 is 1.47 bits per heavy atom. The summed E-state index contributed by atoms with van der Waals surface area (Å²) in [6.45, 7) is 9.96. The molecule has 88 valence electrons. The van der Waals surface area contributed by atoms with E-state index in [4.69, 9.17) is 4.74 Å². The van der Waals surface area contributed by atoms with Gasteiger partial charge in [-0.1, -0.05) is 20.8 Å². The summed E-state index contributed by atoms with van der Waals surface area (Å²) in [6, 6.07) is 0. The largest absolute Gasteiger partial charge is 0.385 e. The van der Waals surface area contributed by atoms with E-state index in [1.54, 1.807) is 0 Å². The van der Waals surface area contributed by atoms with Crippen molar-refractivity contribution < 1.29 is 14.6 Å². The van der Waals surface area contributed by atoms with Gasteiger partial charge in [0.05, 0.1) is 12.2 Å². The fourth-order valence-corrected chi connectivity index (χ4v) is 1.94. The lowest BCUT2D eigenvalue weighted by molar-refractivity contribution is -0.137. The summed E-state index contributed by atoms with van der Waals surface area (Å²) in [5.74, 6) is -0.138. The van der Waals surface area contributed by atoms with Crippen LogP contribution in [0.2, 0.25) is 0 Å². The van der Waals surface area contributed by atoms with Gasteiger partial charge in [0.2, 0.25) is 0 Å². The maximum absolute atomic E-state index is 11.9. The lowest BCUT2D eigenvalue weighted by atomic mass is 9.81. The zero-order valence-corrected chi connectivity index (χ0v) is 10.3. The molecule has 0 aromatic carbocycles. The number of aliphatic hydroxyl groups is 1. The van der Waals surface area contributed by atoms with Crippen LogP contribution in [0.1, 0.15) is 41.0 Å². The molecule has 2 atom stereocenters. The summed E-state index contributed by atoms with van der Waals surface area (Å²) in [5, 5.41) is 9.96. The molecule has 1 aliphatic heterocycles. The van der Waals surface area contributed by atoms with Gasteiger partial charge in [-0.25, -0.2) is 0 Å². The van der Waals surface area contributed by atoms with E-state index in [1.807, 2.05) is 34.6 Å². The number of ketones is 1. The molecule has 3 nitrogen and oxygen atoms in total.